The summed E-state index contributed by atoms with van der Waals surface area (Å²) in [4.78, 5) is 27.3. The van der Waals surface area contributed by atoms with Crippen molar-refractivity contribution in [3.8, 4) is 0 Å². The molecule has 0 saturated heterocycles. The first-order valence-electron chi connectivity index (χ1n) is 3.22. The molecule has 70 valence electrons. The van der Waals surface area contributed by atoms with Crippen molar-refractivity contribution in [3.63, 3.8) is 0 Å². The van der Waals surface area contributed by atoms with Crippen molar-refractivity contribution in [2.24, 2.45) is 5.92 Å². The van der Waals surface area contributed by atoms with Crippen LogP contribution in [0.5, 0.6) is 0 Å². The van der Waals surface area contributed by atoms with Gasteiger partial charge in [0.1, 0.15) is 0 Å². The minimum atomic E-state index is -4.73. The van der Waals surface area contributed by atoms with Crippen molar-refractivity contribution >= 4 is 13.8 Å². The first-order chi connectivity index (χ1) is 5.24. The molecule has 0 aliphatic rings. The van der Waals surface area contributed by atoms with Crippen molar-refractivity contribution in [1.82, 2.24) is 0 Å². The van der Waals surface area contributed by atoms with Crippen LogP contribution in [0, 0.1) is 5.92 Å². The fourth-order valence-electron chi connectivity index (χ4n) is 0.402. The van der Waals surface area contributed by atoms with Crippen molar-refractivity contribution in [1.29, 1.82) is 0 Å². The summed E-state index contributed by atoms with van der Waals surface area (Å²) in [6.45, 7) is 6.66. The topological polar surface area (TPSA) is 83.8 Å². The molecule has 0 spiro atoms. The number of carbonyl (C=O) groups is 1. The zero-order valence-corrected chi connectivity index (χ0v) is 7.75. The molecule has 0 amide bonds. The molecular formula is C6H11O5P. The van der Waals surface area contributed by atoms with Crippen LogP contribution >= 0.6 is 7.82 Å². The second kappa shape index (κ2) is 3.85. The minimum absolute atomic E-state index is 0.0401. The first-order valence-corrected chi connectivity index (χ1v) is 4.75. The number of phosphoric ester groups is 1. The Labute approximate surface area is 70.3 Å². The third-order valence-corrected chi connectivity index (χ3v) is 1.56. The third-order valence-electron chi connectivity index (χ3n) is 1.16. The average molecular weight is 194 g/mol. The van der Waals surface area contributed by atoms with Gasteiger partial charge in [-0.3, -0.25) is 9.79 Å². The van der Waals surface area contributed by atoms with E-state index in [4.69, 9.17) is 9.79 Å². The van der Waals surface area contributed by atoms with Crippen molar-refractivity contribution in [3.05, 3.63) is 12.2 Å². The number of carbonyl (C=O) groups excluding carboxylic acids is 1. The molecule has 0 fully saturated rings. The molecule has 5 nitrogen and oxygen atoms in total. The van der Waals surface area contributed by atoms with E-state index in [2.05, 4.69) is 11.1 Å². The summed E-state index contributed by atoms with van der Waals surface area (Å²) in [6.07, 6.45) is 0. The van der Waals surface area contributed by atoms with Gasteiger partial charge in [-0.1, -0.05) is 20.4 Å². The molecule has 0 rings (SSSR count). The van der Waals surface area contributed by atoms with E-state index in [1.807, 2.05) is 0 Å². The van der Waals surface area contributed by atoms with E-state index in [-0.39, 0.29) is 11.5 Å². The van der Waals surface area contributed by atoms with Crippen LogP contribution in [0.15, 0.2) is 12.2 Å². The minimum Gasteiger partial charge on any atom is -0.367 e. The molecule has 0 saturated carbocycles. The molecule has 6 heteroatoms. The zero-order valence-electron chi connectivity index (χ0n) is 6.85. The molecule has 12 heavy (non-hydrogen) atoms. The van der Waals surface area contributed by atoms with Gasteiger partial charge in [-0.05, 0) is 5.92 Å². The maximum atomic E-state index is 10.8. The van der Waals surface area contributed by atoms with Gasteiger partial charge in [0, 0.05) is 5.57 Å². The van der Waals surface area contributed by atoms with Gasteiger partial charge in [0.2, 0.25) is 0 Å². The Balaban J connectivity index is 4.25. The molecule has 0 aromatic rings. The highest BCUT2D eigenvalue weighted by molar-refractivity contribution is 7.46. The van der Waals surface area contributed by atoms with Crippen molar-refractivity contribution in [2.45, 2.75) is 13.8 Å². The van der Waals surface area contributed by atoms with E-state index in [0.29, 0.717) is 0 Å². The summed E-state index contributed by atoms with van der Waals surface area (Å²) < 4.78 is 14.0. The summed E-state index contributed by atoms with van der Waals surface area (Å²) >= 11 is 0. The van der Waals surface area contributed by atoms with E-state index in [1.165, 1.54) is 0 Å². The van der Waals surface area contributed by atoms with Crippen LogP contribution in [-0.4, -0.2) is 15.8 Å². The summed E-state index contributed by atoms with van der Waals surface area (Å²) in [7, 11) is -4.73. The van der Waals surface area contributed by atoms with Gasteiger partial charge >= 0.3 is 13.8 Å². The lowest BCUT2D eigenvalue weighted by molar-refractivity contribution is -0.131. The SMILES string of the molecule is C=C(C(=O)OP(=O)(O)O)C(C)C. The maximum Gasteiger partial charge on any atom is 0.527 e. The standard InChI is InChI=1S/C6H11O5P/c1-4(2)5(3)6(7)11-12(8,9)10/h4H,3H2,1-2H3,(H2,8,9,10). The molecular weight excluding hydrogens is 183 g/mol. The van der Waals surface area contributed by atoms with Crippen LogP contribution in [0.2, 0.25) is 0 Å². The Hall–Kier alpha value is -0.640. The van der Waals surface area contributed by atoms with Crippen LogP contribution in [-0.2, 0) is 13.9 Å². The monoisotopic (exact) mass is 194 g/mol. The lowest BCUT2D eigenvalue weighted by atomic mass is 10.1. The van der Waals surface area contributed by atoms with Gasteiger partial charge in [-0.25, -0.2) is 9.36 Å². The van der Waals surface area contributed by atoms with Gasteiger partial charge in [-0.2, -0.15) is 0 Å². The van der Waals surface area contributed by atoms with E-state index < -0.39 is 13.8 Å². The van der Waals surface area contributed by atoms with Crippen molar-refractivity contribution in [2.75, 3.05) is 0 Å². The summed E-state index contributed by atoms with van der Waals surface area (Å²) in [5.41, 5.74) is 0.0401. The fourth-order valence-corrected chi connectivity index (χ4v) is 0.736. The zero-order chi connectivity index (χ0) is 9.94. The van der Waals surface area contributed by atoms with Crippen LogP contribution in [0.4, 0.5) is 0 Å². The van der Waals surface area contributed by atoms with Crippen molar-refractivity contribution < 1.29 is 23.7 Å². The highest BCUT2D eigenvalue weighted by atomic mass is 31.2. The largest absolute Gasteiger partial charge is 0.527 e. The average Bonchev–Trinajstić information content (AvgIpc) is 1.82. The predicted octanol–water partition coefficient (Wildman–Crippen LogP) is 0.834. The Kier molecular flexibility index (Phi) is 3.64. The molecule has 0 radical (unpaired) electrons. The van der Waals surface area contributed by atoms with E-state index in [1.54, 1.807) is 13.8 Å². The highest BCUT2D eigenvalue weighted by Crippen LogP contribution is 2.37. The Bertz CT molecular complexity index is 238. The first kappa shape index (κ1) is 11.4. The number of phosphoric acid groups is 1. The van der Waals surface area contributed by atoms with E-state index >= 15 is 0 Å². The molecule has 2 N–H and O–H groups in total. The van der Waals surface area contributed by atoms with Crippen LogP contribution in [0.3, 0.4) is 0 Å². The van der Waals surface area contributed by atoms with Gasteiger partial charge in [-0.15, -0.1) is 0 Å². The lowest BCUT2D eigenvalue weighted by Crippen LogP contribution is -2.09. The molecule has 0 aliphatic carbocycles. The second-order valence-electron chi connectivity index (χ2n) is 2.55. The van der Waals surface area contributed by atoms with Gasteiger partial charge in [0.25, 0.3) is 0 Å². The lowest BCUT2D eigenvalue weighted by Gasteiger charge is -2.09. The Morgan fingerprint density at radius 1 is 1.50 bits per heavy atom. The van der Waals surface area contributed by atoms with Crippen LogP contribution in [0.1, 0.15) is 13.8 Å². The summed E-state index contributed by atoms with van der Waals surface area (Å²) in [6, 6.07) is 0. The third kappa shape index (κ3) is 4.28. The Morgan fingerprint density at radius 2 is 1.92 bits per heavy atom. The van der Waals surface area contributed by atoms with Gasteiger partial charge < -0.3 is 4.52 Å². The van der Waals surface area contributed by atoms with E-state index in [9.17, 15) is 9.36 Å². The summed E-state index contributed by atoms with van der Waals surface area (Å²) in [5, 5.41) is 0. The molecule has 0 atom stereocenters. The highest BCUT2D eigenvalue weighted by Gasteiger charge is 2.23. The smallest absolute Gasteiger partial charge is 0.367 e. The summed E-state index contributed by atoms with van der Waals surface area (Å²) in [5.74, 6) is -1.25. The molecule has 0 heterocycles. The van der Waals surface area contributed by atoms with Gasteiger partial charge in [0.15, 0.2) is 0 Å². The molecule has 0 bridgehead atoms. The predicted molar refractivity (Wildman–Crippen MR) is 42.1 cm³/mol. The molecule has 0 unspecified atom stereocenters. The second-order valence-corrected chi connectivity index (χ2v) is 3.71. The Morgan fingerprint density at radius 3 is 2.17 bits per heavy atom. The maximum absolute atomic E-state index is 10.8. The fraction of sp³-hybridized carbons (Fsp3) is 0.500. The molecule has 0 aliphatic heterocycles. The van der Waals surface area contributed by atoms with Gasteiger partial charge in [0.05, 0.1) is 0 Å². The normalized spacial score (nSPS) is 11.4. The molecule has 0 aromatic carbocycles. The number of hydrogen-bond donors (Lipinski definition) is 2. The van der Waals surface area contributed by atoms with E-state index in [0.717, 1.165) is 0 Å². The van der Waals surface area contributed by atoms with Crippen LogP contribution in [0.25, 0.3) is 0 Å². The molecule has 0 aromatic heterocycles. The number of hydrogen-bond acceptors (Lipinski definition) is 3. The quantitative estimate of drug-likeness (QED) is 0.513. The number of rotatable bonds is 3. The van der Waals surface area contributed by atoms with Crippen LogP contribution < -0.4 is 0 Å².